The predicted molar refractivity (Wildman–Crippen MR) is 151 cm³/mol. The Bertz CT molecular complexity index is 1330. The number of carboxylic acids is 1. The van der Waals surface area contributed by atoms with Gasteiger partial charge in [-0.15, -0.1) is 0 Å². The largest absolute Gasteiger partial charge is 0.477 e. The van der Waals surface area contributed by atoms with Crippen molar-refractivity contribution in [3.05, 3.63) is 115 Å². The molecule has 0 bridgehead atoms. The molecule has 0 amide bonds. The molecule has 0 atom stereocenters. The maximum absolute atomic E-state index is 11.0. The molecule has 1 N–H and O–H groups in total. The van der Waals surface area contributed by atoms with Crippen LogP contribution in [-0.4, -0.2) is 31.0 Å². The van der Waals surface area contributed by atoms with Crippen molar-refractivity contribution in [1.29, 1.82) is 0 Å². The van der Waals surface area contributed by atoms with Crippen molar-refractivity contribution >= 4 is 53.8 Å². The Hall–Kier alpha value is -2.49. The minimum absolute atomic E-state index is 0.0422. The molecule has 186 valence electrons. The van der Waals surface area contributed by atoms with Crippen molar-refractivity contribution < 1.29 is 9.90 Å². The zero-order valence-electron chi connectivity index (χ0n) is 20.2. The second kappa shape index (κ2) is 11.7. The molecule has 0 radical (unpaired) electrons. The van der Waals surface area contributed by atoms with Crippen LogP contribution in [0.2, 0.25) is 0 Å². The van der Waals surface area contributed by atoms with Crippen molar-refractivity contribution in [2.24, 2.45) is 0 Å². The summed E-state index contributed by atoms with van der Waals surface area (Å²) in [5.74, 6) is -1.03. The van der Waals surface area contributed by atoms with Crippen LogP contribution < -0.4 is 0 Å². The van der Waals surface area contributed by atoms with Crippen molar-refractivity contribution in [1.82, 2.24) is 19.9 Å². The molecule has 36 heavy (non-hydrogen) atoms. The van der Waals surface area contributed by atoms with Gasteiger partial charge < -0.3 is 5.11 Å². The lowest BCUT2D eigenvalue weighted by Crippen LogP contribution is -2.23. The van der Waals surface area contributed by atoms with Gasteiger partial charge in [0.05, 0.1) is 22.8 Å². The Morgan fingerprint density at radius 2 is 0.889 bits per heavy atom. The molecule has 0 aliphatic heterocycles. The van der Waals surface area contributed by atoms with Crippen LogP contribution in [0.15, 0.2) is 86.6 Å². The van der Waals surface area contributed by atoms with Gasteiger partial charge in [0.1, 0.15) is 19.5 Å². The van der Waals surface area contributed by atoms with Gasteiger partial charge in [0.2, 0.25) is 0 Å². The molecule has 0 aliphatic rings. The van der Waals surface area contributed by atoms with Crippen LogP contribution in [0.3, 0.4) is 0 Å². The van der Waals surface area contributed by atoms with E-state index in [9.17, 15) is 4.79 Å². The van der Waals surface area contributed by atoms with Gasteiger partial charge in [-0.3, -0.25) is 0 Å². The quantitative estimate of drug-likeness (QED) is 0.219. The molecular weight excluding hydrogens is 652 g/mol. The monoisotopic (exact) mass is 674 g/mol. The first-order chi connectivity index (χ1) is 16.9. The lowest BCUT2D eigenvalue weighted by Gasteiger charge is -2.23. The van der Waals surface area contributed by atoms with Crippen molar-refractivity contribution in [3.63, 3.8) is 0 Å². The molecule has 4 heterocycles. The highest BCUT2D eigenvalue weighted by Crippen LogP contribution is 2.31. The molecule has 9 heteroatoms. The molecule has 0 fully saturated rings. The fourth-order valence-corrected chi connectivity index (χ4v) is 4.46. The average molecular weight is 677 g/mol. The van der Waals surface area contributed by atoms with Gasteiger partial charge in [-0.05, 0) is 124 Å². The second-order valence-electron chi connectivity index (χ2n) is 9.00. The van der Waals surface area contributed by atoms with Gasteiger partial charge >= 0.3 is 5.97 Å². The van der Waals surface area contributed by atoms with Crippen LogP contribution in [-0.2, 0) is 10.8 Å². The molecule has 4 aromatic heterocycles. The Morgan fingerprint density at radius 1 is 0.583 bits per heavy atom. The number of aromatic carboxylic acids is 1. The summed E-state index contributed by atoms with van der Waals surface area (Å²) in [4.78, 5) is 28.6. The van der Waals surface area contributed by atoms with E-state index in [1.807, 2.05) is 74.5 Å². The van der Waals surface area contributed by atoms with Crippen LogP contribution in [0.1, 0.15) is 61.0 Å². The molecule has 4 aromatic rings. The minimum atomic E-state index is -1.03. The molecule has 0 aromatic carbocycles. The number of aromatic nitrogens is 4. The number of hydrogen-bond donors (Lipinski definition) is 1. The number of carboxylic acid groups (broad SMARTS) is 1. The summed E-state index contributed by atoms with van der Waals surface area (Å²) in [5, 5.41) is 9.00. The minimum Gasteiger partial charge on any atom is -0.477 e. The molecule has 0 unspecified atom stereocenters. The molecule has 6 nitrogen and oxygen atoms in total. The van der Waals surface area contributed by atoms with E-state index in [-0.39, 0.29) is 11.1 Å². The lowest BCUT2D eigenvalue weighted by atomic mass is 9.84. The number of hydrogen-bond acceptors (Lipinski definition) is 5. The summed E-state index contributed by atoms with van der Waals surface area (Å²) >= 11 is 10.1. The van der Waals surface area contributed by atoms with E-state index in [1.54, 1.807) is 6.07 Å². The summed E-state index contributed by atoms with van der Waals surface area (Å²) < 4.78 is 2.43. The first-order valence-electron chi connectivity index (χ1n) is 11.0. The number of halogens is 3. The van der Waals surface area contributed by atoms with Gasteiger partial charge in [0.15, 0.2) is 0 Å². The third-order valence-electron chi connectivity index (χ3n) is 5.67. The van der Waals surface area contributed by atoms with Crippen LogP contribution >= 0.6 is 47.8 Å². The number of rotatable bonds is 5. The van der Waals surface area contributed by atoms with Crippen molar-refractivity contribution in [2.75, 3.05) is 0 Å². The molecule has 0 saturated heterocycles. The topological polar surface area (TPSA) is 88.9 Å². The highest BCUT2D eigenvalue weighted by atomic mass is 79.9. The zero-order valence-corrected chi connectivity index (χ0v) is 25.0. The SMILES string of the molecule is CC(C)(c1cccc(Br)n1)c1cccc(Br)n1.CC(C)(c1cccc(Br)n1)c1cccc(C(=O)O)n1. The lowest BCUT2D eigenvalue weighted by molar-refractivity contribution is 0.0690. The Kier molecular flexibility index (Phi) is 9.13. The van der Waals surface area contributed by atoms with E-state index in [4.69, 9.17) is 5.11 Å². The van der Waals surface area contributed by atoms with E-state index in [0.717, 1.165) is 30.9 Å². The first kappa shape index (κ1) is 28.1. The smallest absolute Gasteiger partial charge is 0.354 e. The molecular formula is C27H25Br3N4O2. The standard InChI is InChI=1S/C14H13BrN2O2.C13H12Br2N2/c1-14(2,11-7-4-8-12(15)17-11)10-6-3-5-9(16-10)13(18)19;1-13(2,9-5-3-7-11(14)16-9)10-6-4-8-12(15)17-10/h3-8H,1-2H3,(H,18,19);3-8H,1-2H3. The number of pyridine rings is 4. The van der Waals surface area contributed by atoms with Crippen LogP contribution in [0.25, 0.3) is 0 Å². The van der Waals surface area contributed by atoms with Crippen molar-refractivity contribution in [3.8, 4) is 0 Å². The summed E-state index contributed by atoms with van der Waals surface area (Å²) in [6.07, 6.45) is 0. The van der Waals surface area contributed by atoms with Gasteiger partial charge in [-0.2, -0.15) is 0 Å². The highest BCUT2D eigenvalue weighted by Gasteiger charge is 2.28. The summed E-state index contributed by atoms with van der Waals surface area (Å²) in [5.41, 5.74) is 2.87. The first-order valence-corrected chi connectivity index (χ1v) is 13.4. The fraction of sp³-hybridized carbons (Fsp3) is 0.222. The third kappa shape index (κ3) is 6.83. The fourth-order valence-electron chi connectivity index (χ4n) is 3.43. The molecule has 0 aliphatic carbocycles. The highest BCUT2D eigenvalue weighted by molar-refractivity contribution is 9.11. The summed E-state index contributed by atoms with van der Waals surface area (Å²) in [7, 11) is 0. The predicted octanol–water partition coefficient (Wildman–Crippen LogP) is 7.59. The van der Waals surface area contributed by atoms with Gasteiger partial charge in [-0.1, -0.05) is 24.3 Å². The zero-order chi connectivity index (χ0) is 26.5. The second-order valence-corrected chi connectivity index (χ2v) is 11.4. The van der Waals surface area contributed by atoms with Crippen LogP contribution in [0.5, 0.6) is 0 Å². The molecule has 0 spiro atoms. The molecule has 4 rings (SSSR count). The number of nitrogens with zero attached hydrogens (tertiary/aromatic N) is 4. The van der Waals surface area contributed by atoms with Gasteiger partial charge in [-0.25, -0.2) is 24.7 Å². The maximum atomic E-state index is 11.0. The number of carbonyl (C=O) groups is 1. The Labute approximate surface area is 236 Å². The van der Waals surface area contributed by atoms with Crippen molar-refractivity contribution in [2.45, 2.75) is 38.5 Å². The van der Waals surface area contributed by atoms with Crippen LogP contribution in [0, 0.1) is 0 Å². The van der Waals surface area contributed by atoms with E-state index in [0.29, 0.717) is 5.69 Å². The van der Waals surface area contributed by atoms with E-state index >= 15 is 0 Å². The van der Waals surface area contributed by atoms with Gasteiger partial charge in [0.25, 0.3) is 0 Å². The molecule has 0 saturated carbocycles. The van der Waals surface area contributed by atoms with E-state index in [2.05, 4.69) is 81.6 Å². The van der Waals surface area contributed by atoms with E-state index < -0.39 is 11.4 Å². The van der Waals surface area contributed by atoms with E-state index in [1.165, 1.54) is 6.07 Å². The summed E-state index contributed by atoms with van der Waals surface area (Å²) in [6, 6.07) is 22.5. The third-order valence-corrected chi connectivity index (χ3v) is 7.00. The normalized spacial score (nSPS) is 11.4. The Balaban J connectivity index is 0.000000202. The Morgan fingerprint density at radius 3 is 1.19 bits per heavy atom. The van der Waals surface area contributed by atoms with Crippen LogP contribution in [0.4, 0.5) is 0 Å². The summed E-state index contributed by atoms with van der Waals surface area (Å²) in [6.45, 7) is 8.18. The van der Waals surface area contributed by atoms with Gasteiger partial charge in [0, 0.05) is 10.8 Å². The average Bonchev–Trinajstić information content (AvgIpc) is 2.84. The maximum Gasteiger partial charge on any atom is 0.354 e.